The quantitative estimate of drug-likeness (QED) is 0.756. The van der Waals surface area contributed by atoms with E-state index in [1.807, 2.05) is 30.3 Å². The first-order valence-corrected chi connectivity index (χ1v) is 8.15. The molecule has 1 aliphatic heterocycles. The minimum absolute atomic E-state index is 0.316. The second-order valence-corrected chi connectivity index (χ2v) is 5.93. The molecule has 0 aliphatic carbocycles. The van der Waals surface area contributed by atoms with Gasteiger partial charge in [-0.25, -0.2) is 18.8 Å². The number of hydrogen-bond donors (Lipinski definition) is 1. The van der Waals surface area contributed by atoms with Gasteiger partial charge >= 0.3 is 0 Å². The Hall–Kier alpha value is -3.34. The van der Waals surface area contributed by atoms with Crippen LogP contribution in [0.2, 0.25) is 0 Å². The van der Waals surface area contributed by atoms with E-state index >= 15 is 0 Å². The normalized spacial score (nSPS) is 18.9. The third-order valence-electron chi connectivity index (χ3n) is 4.29. The molecule has 3 nitrogen and oxygen atoms in total. The second kappa shape index (κ2) is 6.52. The number of amidine groups is 1. The van der Waals surface area contributed by atoms with Gasteiger partial charge in [0.2, 0.25) is 0 Å². The number of rotatable bonds is 3. The number of hydrogen-bond acceptors (Lipinski definition) is 3. The highest BCUT2D eigenvalue weighted by Crippen LogP contribution is 2.33. The lowest BCUT2D eigenvalue weighted by molar-refractivity contribution is 0.501. The molecule has 0 saturated heterocycles. The molecule has 4 rings (SSSR count). The SMILES string of the molecule is Fc1ccc(C2=NC(c3ccccc3)(c3ccc(F)cc3)NC=N2)cc1. The van der Waals surface area contributed by atoms with Gasteiger partial charge in [-0.1, -0.05) is 42.5 Å². The van der Waals surface area contributed by atoms with Crippen molar-refractivity contribution in [3.8, 4) is 0 Å². The predicted octanol–water partition coefficient (Wildman–Crippen LogP) is 4.24. The van der Waals surface area contributed by atoms with E-state index < -0.39 is 5.66 Å². The van der Waals surface area contributed by atoms with Crippen molar-refractivity contribution in [2.45, 2.75) is 5.66 Å². The molecule has 3 aromatic carbocycles. The molecule has 1 unspecified atom stereocenters. The number of halogens is 2. The summed E-state index contributed by atoms with van der Waals surface area (Å²) in [6.07, 6.45) is 1.57. The molecular weight excluding hydrogens is 332 g/mol. The third-order valence-corrected chi connectivity index (χ3v) is 4.29. The maximum Gasteiger partial charge on any atom is 0.184 e. The van der Waals surface area contributed by atoms with Crippen LogP contribution in [0.25, 0.3) is 0 Å². The van der Waals surface area contributed by atoms with E-state index in [2.05, 4.69) is 10.3 Å². The Morgan fingerprint density at radius 1 is 0.692 bits per heavy atom. The molecule has 1 atom stereocenters. The van der Waals surface area contributed by atoms with Crippen LogP contribution in [0, 0.1) is 11.6 Å². The smallest absolute Gasteiger partial charge is 0.184 e. The minimum Gasteiger partial charge on any atom is -0.344 e. The molecule has 0 amide bonds. The minimum atomic E-state index is -0.944. The summed E-state index contributed by atoms with van der Waals surface area (Å²) < 4.78 is 26.7. The van der Waals surface area contributed by atoms with E-state index in [0.717, 1.165) is 11.1 Å². The van der Waals surface area contributed by atoms with Crippen LogP contribution in [0.15, 0.2) is 88.8 Å². The van der Waals surface area contributed by atoms with Crippen LogP contribution in [-0.4, -0.2) is 12.2 Å². The summed E-state index contributed by atoms with van der Waals surface area (Å²) in [7, 11) is 0. The summed E-state index contributed by atoms with van der Waals surface area (Å²) in [5, 5.41) is 3.22. The Morgan fingerprint density at radius 3 is 1.92 bits per heavy atom. The van der Waals surface area contributed by atoms with Crippen LogP contribution in [0.5, 0.6) is 0 Å². The topological polar surface area (TPSA) is 36.8 Å². The fourth-order valence-electron chi connectivity index (χ4n) is 2.98. The van der Waals surface area contributed by atoms with Crippen LogP contribution in [0.3, 0.4) is 0 Å². The molecule has 0 aromatic heterocycles. The average molecular weight is 347 g/mol. The second-order valence-electron chi connectivity index (χ2n) is 5.93. The molecule has 26 heavy (non-hydrogen) atoms. The lowest BCUT2D eigenvalue weighted by atomic mass is 9.91. The van der Waals surface area contributed by atoms with Gasteiger partial charge in [-0.3, -0.25) is 0 Å². The summed E-state index contributed by atoms with van der Waals surface area (Å²) in [4.78, 5) is 9.16. The molecule has 0 radical (unpaired) electrons. The van der Waals surface area contributed by atoms with E-state index in [4.69, 9.17) is 4.99 Å². The summed E-state index contributed by atoms with van der Waals surface area (Å²) in [5.41, 5.74) is 1.42. The van der Waals surface area contributed by atoms with Crippen molar-refractivity contribution in [1.82, 2.24) is 5.32 Å². The third kappa shape index (κ3) is 2.88. The van der Waals surface area contributed by atoms with E-state index in [1.165, 1.54) is 24.3 Å². The van der Waals surface area contributed by atoms with Crippen molar-refractivity contribution in [2.24, 2.45) is 9.98 Å². The van der Waals surface area contributed by atoms with Gasteiger partial charge in [0, 0.05) is 16.7 Å². The number of nitrogens with zero attached hydrogens (tertiary/aromatic N) is 2. The van der Waals surface area contributed by atoms with Gasteiger partial charge in [0.25, 0.3) is 0 Å². The van der Waals surface area contributed by atoms with Gasteiger partial charge in [-0.15, -0.1) is 0 Å². The molecule has 128 valence electrons. The predicted molar refractivity (Wildman–Crippen MR) is 98.2 cm³/mol. The summed E-state index contributed by atoms with van der Waals surface area (Å²) in [5.74, 6) is -0.166. The Kier molecular flexibility index (Phi) is 4.05. The highest BCUT2D eigenvalue weighted by atomic mass is 19.1. The molecule has 1 aliphatic rings. The van der Waals surface area contributed by atoms with Crippen molar-refractivity contribution in [2.75, 3.05) is 0 Å². The van der Waals surface area contributed by atoms with Crippen LogP contribution in [0.4, 0.5) is 8.78 Å². The summed E-state index contributed by atoms with van der Waals surface area (Å²) >= 11 is 0. The van der Waals surface area contributed by atoms with Crippen molar-refractivity contribution < 1.29 is 8.78 Å². The Labute approximate surface area is 149 Å². The van der Waals surface area contributed by atoms with Crippen molar-refractivity contribution >= 4 is 12.2 Å². The van der Waals surface area contributed by atoms with Crippen molar-refractivity contribution in [3.05, 3.63) is 107 Å². The zero-order valence-corrected chi connectivity index (χ0v) is 13.7. The molecule has 0 bridgehead atoms. The molecule has 5 heteroatoms. The number of aliphatic imine (C=N–C) groups is 2. The lowest BCUT2D eigenvalue weighted by Crippen LogP contribution is -2.44. The standard InChI is InChI=1S/C21H15F2N3/c22-18-10-6-15(7-11-18)20-24-14-25-21(26-20,16-4-2-1-3-5-16)17-8-12-19(23)13-9-17/h1-14H,(H,24,25,26). The first-order valence-electron chi connectivity index (χ1n) is 8.15. The van der Waals surface area contributed by atoms with Crippen molar-refractivity contribution in [1.29, 1.82) is 0 Å². The van der Waals surface area contributed by atoms with E-state index in [1.54, 1.807) is 30.6 Å². The first-order chi connectivity index (χ1) is 12.7. The molecular formula is C21H15F2N3. The summed E-state index contributed by atoms with van der Waals surface area (Å²) in [6, 6.07) is 21.9. The van der Waals surface area contributed by atoms with E-state index in [-0.39, 0.29) is 11.6 Å². The summed E-state index contributed by atoms with van der Waals surface area (Å²) in [6.45, 7) is 0. The van der Waals surface area contributed by atoms with Gasteiger partial charge < -0.3 is 5.32 Å². The van der Waals surface area contributed by atoms with Crippen LogP contribution >= 0.6 is 0 Å². The molecule has 1 N–H and O–H groups in total. The Morgan fingerprint density at radius 2 is 1.27 bits per heavy atom. The van der Waals surface area contributed by atoms with Gasteiger partial charge in [0.15, 0.2) is 11.5 Å². The van der Waals surface area contributed by atoms with Gasteiger partial charge in [0.1, 0.15) is 11.6 Å². The molecule has 1 heterocycles. The maximum atomic E-state index is 13.4. The molecule has 0 fully saturated rings. The number of benzene rings is 3. The van der Waals surface area contributed by atoms with Crippen LogP contribution in [-0.2, 0) is 5.66 Å². The lowest BCUT2D eigenvalue weighted by Gasteiger charge is -2.33. The molecule has 0 saturated carbocycles. The van der Waals surface area contributed by atoms with E-state index in [9.17, 15) is 8.78 Å². The molecule has 0 spiro atoms. The largest absolute Gasteiger partial charge is 0.344 e. The van der Waals surface area contributed by atoms with Crippen LogP contribution in [0.1, 0.15) is 16.7 Å². The van der Waals surface area contributed by atoms with Gasteiger partial charge in [-0.2, -0.15) is 0 Å². The molecule has 3 aromatic rings. The van der Waals surface area contributed by atoms with Gasteiger partial charge in [-0.05, 0) is 36.4 Å². The van der Waals surface area contributed by atoms with Crippen LogP contribution < -0.4 is 5.32 Å². The Balaban J connectivity index is 1.90. The van der Waals surface area contributed by atoms with Crippen molar-refractivity contribution in [3.63, 3.8) is 0 Å². The zero-order valence-electron chi connectivity index (χ0n) is 13.7. The Bertz CT molecular complexity index is 964. The fourth-order valence-corrected chi connectivity index (χ4v) is 2.98. The highest BCUT2D eigenvalue weighted by molar-refractivity contribution is 6.04. The maximum absolute atomic E-state index is 13.4. The number of nitrogens with one attached hydrogen (secondary N) is 1. The zero-order chi connectivity index (χ0) is 18.0. The monoisotopic (exact) mass is 347 g/mol. The fraction of sp³-hybridized carbons (Fsp3) is 0.0476. The van der Waals surface area contributed by atoms with E-state index in [0.29, 0.717) is 11.4 Å². The first kappa shape index (κ1) is 16.1. The highest BCUT2D eigenvalue weighted by Gasteiger charge is 2.35. The average Bonchev–Trinajstić information content (AvgIpc) is 2.70. The van der Waals surface area contributed by atoms with Gasteiger partial charge in [0.05, 0.1) is 6.34 Å².